The third kappa shape index (κ3) is 5.78. The second kappa shape index (κ2) is 12.4. The van der Waals surface area contributed by atoms with Gasteiger partial charge in [-0.2, -0.15) is 10.1 Å². The number of hydrogen-bond donors (Lipinski definition) is 2. The Balaban J connectivity index is 1.45. The molecule has 1 aromatic heterocycles. The second-order valence-corrected chi connectivity index (χ2v) is 9.20. The molecule has 5 rings (SSSR count). The van der Waals surface area contributed by atoms with Gasteiger partial charge >= 0.3 is 0 Å². The summed E-state index contributed by atoms with van der Waals surface area (Å²) < 4.78 is 19.5. The number of aromatic nitrogens is 3. The molecule has 1 atom stereocenters. The lowest BCUT2D eigenvalue weighted by Gasteiger charge is -2.29. The molecule has 0 fully saturated rings. The van der Waals surface area contributed by atoms with Gasteiger partial charge in [0.1, 0.15) is 18.1 Å². The fourth-order valence-electron chi connectivity index (χ4n) is 4.74. The van der Waals surface area contributed by atoms with Crippen LogP contribution in [0.3, 0.4) is 0 Å². The Hall–Kier alpha value is -4.79. The Morgan fingerprint density at radius 3 is 2.48 bits per heavy atom. The summed E-state index contributed by atoms with van der Waals surface area (Å²) in [6.45, 7) is 7.16. The SMILES string of the molecule is CCOc1ccccc1NC(=O)C1=C(C)Nc2ncnn2C1c1ccc(OCCc2ccccc2)c(OCC)c1. The van der Waals surface area contributed by atoms with E-state index in [2.05, 4.69) is 32.8 Å². The standard InChI is InChI=1S/C31H33N5O4/c1-4-38-25-14-10-9-13-24(25)35-30(37)28-21(3)34-31-32-20-33-36(31)29(28)23-15-16-26(27(19-23)39-5-2)40-18-17-22-11-7-6-8-12-22/h6-16,19-20,29H,4-5,17-18H2,1-3H3,(H,35,37)(H,32,33,34). The summed E-state index contributed by atoms with van der Waals surface area (Å²) in [5.74, 6) is 2.13. The maximum absolute atomic E-state index is 13.8. The minimum absolute atomic E-state index is 0.274. The Bertz CT molecular complexity index is 1500. The number of anilines is 2. The number of para-hydroxylation sites is 2. The highest BCUT2D eigenvalue weighted by Gasteiger charge is 2.34. The van der Waals surface area contributed by atoms with Crippen LogP contribution in [0.2, 0.25) is 0 Å². The third-order valence-corrected chi connectivity index (χ3v) is 6.55. The van der Waals surface area contributed by atoms with Gasteiger partial charge in [0.25, 0.3) is 5.91 Å². The van der Waals surface area contributed by atoms with Gasteiger partial charge in [-0.15, -0.1) is 0 Å². The lowest BCUT2D eigenvalue weighted by molar-refractivity contribution is -0.113. The molecule has 0 aliphatic carbocycles. The maximum Gasteiger partial charge on any atom is 0.255 e. The van der Waals surface area contributed by atoms with Crippen LogP contribution < -0.4 is 24.8 Å². The number of rotatable bonds is 11. The summed E-state index contributed by atoms with van der Waals surface area (Å²) in [6, 6.07) is 22.8. The summed E-state index contributed by atoms with van der Waals surface area (Å²) in [4.78, 5) is 18.2. The van der Waals surface area contributed by atoms with Gasteiger partial charge < -0.3 is 24.8 Å². The van der Waals surface area contributed by atoms with Gasteiger partial charge in [0.2, 0.25) is 5.95 Å². The van der Waals surface area contributed by atoms with Gasteiger partial charge in [-0.05, 0) is 56.2 Å². The van der Waals surface area contributed by atoms with Gasteiger partial charge in [-0.1, -0.05) is 48.5 Å². The molecule has 4 aromatic rings. The number of nitrogens with one attached hydrogen (secondary N) is 2. The maximum atomic E-state index is 13.8. The van der Waals surface area contributed by atoms with E-state index >= 15 is 0 Å². The van der Waals surface area contributed by atoms with Crippen LogP contribution in [0.5, 0.6) is 17.2 Å². The van der Waals surface area contributed by atoms with Crippen molar-refractivity contribution >= 4 is 17.5 Å². The fourth-order valence-corrected chi connectivity index (χ4v) is 4.74. The van der Waals surface area contributed by atoms with Gasteiger partial charge in [-0.25, -0.2) is 4.68 Å². The number of nitrogens with zero attached hydrogens (tertiary/aromatic N) is 3. The van der Waals surface area contributed by atoms with E-state index in [1.165, 1.54) is 11.9 Å². The number of carbonyl (C=O) groups is 1. The number of ether oxygens (including phenoxy) is 3. The molecule has 0 saturated carbocycles. The van der Waals surface area contributed by atoms with Crippen molar-refractivity contribution in [2.24, 2.45) is 0 Å². The van der Waals surface area contributed by atoms with Crippen molar-refractivity contribution < 1.29 is 19.0 Å². The average Bonchev–Trinajstić information content (AvgIpc) is 3.43. The number of hydrogen-bond acceptors (Lipinski definition) is 7. The monoisotopic (exact) mass is 539 g/mol. The Labute approximate surface area is 233 Å². The quantitative estimate of drug-likeness (QED) is 0.255. The molecular formula is C31H33N5O4. The van der Waals surface area contributed by atoms with E-state index in [1.807, 2.05) is 81.4 Å². The minimum atomic E-state index is -0.546. The van der Waals surface area contributed by atoms with Crippen molar-refractivity contribution in [3.8, 4) is 17.2 Å². The number of fused-ring (bicyclic) bond motifs is 1. The first-order valence-corrected chi connectivity index (χ1v) is 13.4. The Morgan fingerprint density at radius 2 is 1.68 bits per heavy atom. The molecule has 0 bridgehead atoms. The van der Waals surface area contributed by atoms with Crippen molar-refractivity contribution in [3.05, 3.63) is 102 Å². The van der Waals surface area contributed by atoms with Crippen molar-refractivity contribution in [3.63, 3.8) is 0 Å². The second-order valence-electron chi connectivity index (χ2n) is 9.20. The first kappa shape index (κ1) is 26.8. The molecule has 1 aliphatic heterocycles. The molecule has 0 spiro atoms. The molecule has 0 radical (unpaired) electrons. The van der Waals surface area contributed by atoms with Crippen LogP contribution in [0.1, 0.15) is 37.9 Å². The summed E-state index contributed by atoms with van der Waals surface area (Å²) in [7, 11) is 0. The predicted octanol–water partition coefficient (Wildman–Crippen LogP) is 5.62. The number of benzene rings is 3. The molecule has 9 heteroatoms. The molecule has 0 saturated heterocycles. The van der Waals surface area contributed by atoms with Crippen LogP contribution in [-0.2, 0) is 11.2 Å². The van der Waals surface area contributed by atoms with E-state index < -0.39 is 6.04 Å². The van der Waals surface area contributed by atoms with Crippen LogP contribution in [0.4, 0.5) is 11.6 Å². The van der Waals surface area contributed by atoms with E-state index in [1.54, 1.807) is 4.68 Å². The Kier molecular flexibility index (Phi) is 8.29. The van der Waals surface area contributed by atoms with E-state index in [0.717, 1.165) is 12.0 Å². The van der Waals surface area contributed by atoms with Crippen molar-refractivity contribution in [2.45, 2.75) is 33.2 Å². The first-order chi connectivity index (χ1) is 19.6. The third-order valence-electron chi connectivity index (χ3n) is 6.55. The lowest BCUT2D eigenvalue weighted by Crippen LogP contribution is -2.31. The lowest BCUT2D eigenvalue weighted by atomic mass is 9.94. The van der Waals surface area contributed by atoms with Crippen LogP contribution in [0.15, 0.2) is 90.4 Å². The number of carbonyl (C=O) groups excluding carboxylic acids is 1. The van der Waals surface area contributed by atoms with E-state index in [9.17, 15) is 4.79 Å². The van der Waals surface area contributed by atoms with Crippen molar-refractivity contribution in [1.82, 2.24) is 14.8 Å². The normalized spacial score (nSPS) is 14.2. The van der Waals surface area contributed by atoms with Crippen molar-refractivity contribution in [1.29, 1.82) is 0 Å². The molecule has 40 heavy (non-hydrogen) atoms. The van der Waals surface area contributed by atoms with Crippen LogP contribution in [-0.4, -0.2) is 40.5 Å². The number of amides is 1. The fraction of sp³-hybridized carbons (Fsp3) is 0.258. The van der Waals surface area contributed by atoms with Gasteiger partial charge in [0.15, 0.2) is 11.5 Å². The molecule has 2 N–H and O–H groups in total. The van der Waals surface area contributed by atoms with Crippen LogP contribution in [0, 0.1) is 0 Å². The number of allylic oxidation sites excluding steroid dienone is 1. The largest absolute Gasteiger partial charge is 0.492 e. The first-order valence-electron chi connectivity index (χ1n) is 13.4. The molecule has 1 amide bonds. The van der Waals surface area contributed by atoms with Gasteiger partial charge in [0, 0.05) is 12.1 Å². The van der Waals surface area contributed by atoms with Gasteiger partial charge in [-0.3, -0.25) is 4.79 Å². The average molecular weight is 540 g/mol. The van der Waals surface area contributed by atoms with Gasteiger partial charge in [0.05, 0.1) is 31.1 Å². The molecule has 9 nitrogen and oxygen atoms in total. The van der Waals surface area contributed by atoms with E-state index in [0.29, 0.717) is 60.0 Å². The summed E-state index contributed by atoms with van der Waals surface area (Å²) in [5.41, 5.74) is 3.79. The predicted molar refractivity (Wildman–Crippen MR) is 154 cm³/mol. The summed E-state index contributed by atoms with van der Waals surface area (Å²) in [6.07, 6.45) is 2.25. The van der Waals surface area contributed by atoms with Crippen molar-refractivity contribution in [2.75, 3.05) is 30.5 Å². The van der Waals surface area contributed by atoms with Crippen LogP contribution in [0.25, 0.3) is 0 Å². The summed E-state index contributed by atoms with van der Waals surface area (Å²) in [5, 5.41) is 10.7. The molecular weight excluding hydrogens is 506 g/mol. The molecule has 206 valence electrons. The highest BCUT2D eigenvalue weighted by molar-refractivity contribution is 6.06. The molecule has 1 aliphatic rings. The molecule has 3 aromatic carbocycles. The van der Waals surface area contributed by atoms with Crippen LogP contribution >= 0.6 is 0 Å². The van der Waals surface area contributed by atoms with E-state index in [-0.39, 0.29) is 5.91 Å². The Morgan fingerprint density at radius 1 is 0.925 bits per heavy atom. The minimum Gasteiger partial charge on any atom is -0.492 e. The topological polar surface area (TPSA) is 99.5 Å². The zero-order valence-electron chi connectivity index (χ0n) is 22.9. The molecule has 1 unspecified atom stereocenters. The zero-order chi connectivity index (χ0) is 27.9. The summed E-state index contributed by atoms with van der Waals surface area (Å²) >= 11 is 0. The molecule has 2 heterocycles. The zero-order valence-corrected chi connectivity index (χ0v) is 22.9. The highest BCUT2D eigenvalue weighted by atomic mass is 16.5. The smallest absolute Gasteiger partial charge is 0.255 e. The highest BCUT2D eigenvalue weighted by Crippen LogP contribution is 2.39. The van der Waals surface area contributed by atoms with E-state index in [4.69, 9.17) is 14.2 Å².